The predicted octanol–water partition coefficient (Wildman–Crippen LogP) is 4.20. The minimum absolute atomic E-state index is 0.0942. The van der Waals surface area contributed by atoms with Crippen LogP contribution in [-0.4, -0.2) is 31.1 Å². The van der Waals surface area contributed by atoms with E-state index in [0.29, 0.717) is 22.8 Å². The number of fused-ring (bicyclic) bond motifs is 1. The van der Waals surface area contributed by atoms with E-state index >= 15 is 0 Å². The van der Waals surface area contributed by atoms with Crippen molar-refractivity contribution in [2.75, 3.05) is 10.6 Å². The van der Waals surface area contributed by atoms with E-state index in [9.17, 15) is 14.9 Å². The normalized spacial score (nSPS) is 10.7. The van der Waals surface area contributed by atoms with Crippen LogP contribution in [-0.2, 0) is 5.75 Å². The molecule has 150 valence electrons. The summed E-state index contributed by atoms with van der Waals surface area (Å²) in [4.78, 5) is 31.0. The lowest BCUT2D eigenvalue weighted by atomic mass is 10.2. The smallest absolute Gasteiger partial charge is 0.308 e. The Bertz CT molecular complexity index is 1230. The molecule has 3 N–H and O–H groups in total. The molecule has 4 rings (SSSR count). The third-order valence-corrected chi connectivity index (χ3v) is 5.16. The largest absolute Gasteiger partial charge is 0.323 e. The number of anilines is 2. The number of nitrogens with zero attached hydrogens (tertiary/aromatic N) is 4. The molecule has 0 bridgehead atoms. The fourth-order valence-electron chi connectivity index (χ4n) is 2.74. The number of H-pyrrole nitrogens is 1. The molecule has 0 radical (unpaired) electrons. The number of carbonyl (C=O) groups is 1. The summed E-state index contributed by atoms with van der Waals surface area (Å²) in [6.45, 7) is 0. The third-order valence-electron chi connectivity index (χ3n) is 4.09. The molecular weight excluding hydrogens is 406 g/mol. The first-order chi connectivity index (χ1) is 14.6. The Kier molecular flexibility index (Phi) is 5.52. The van der Waals surface area contributed by atoms with Gasteiger partial charge in [-0.25, -0.2) is 14.8 Å². The molecule has 4 aromatic rings. The maximum atomic E-state index is 12.2. The van der Waals surface area contributed by atoms with Crippen molar-refractivity contribution >= 4 is 45.9 Å². The van der Waals surface area contributed by atoms with Crippen LogP contribution in [0.2, 0.25) is 0 Å². The topological polar surface area (TPSA) is 139 Å². The molecular formula is C19H15N7O3S. The van der Waals surface area contributed by atoms with Crippen LogP contribution in [0.25, 0.3) is 11.0 Å². The number of amides is 2. The molecule has 2 amide bonds. The van der Waals surface area contributed by atoms with Crippen molar-refractivity contribution in [3.8, 4) is 0 Å². The number of urea groups is 1. The van der Waals surface area contributed by atoms with Crippen LogP contribution < -0.4 is 10.6 Å². The van der Waals surface area contributed by atoms with E-state index < -0.39 is 11.0 Å². The standard InChI is InChI=1S/C19H15N7O3S/c27-19(24-14-5-2-6-15(8-14)26(28)29)23-13-4-1-3-12(7-13)10-30-18-16-9-22-25-17(16)20-11-21-18/h1-9,11H,10H2,(H2,23,24,27)(H,20,21,22,25). The number of nitro groups is 1. The van der Waals surface area contributed by atoms with Gasteiger partial charge in [-0.3, -0.25) is 15.2 Å². The molecule has 30 heavy (non-hydrogen) atoms. The van der Waals surface area contributed by atoms with Gasteiger partial charge in [0.25, 0.3) is 5.69 Å². The minimum atomic E-state index is -0.515. The van der Waals surface area contributed by atoms with Crippen LogP contribution in [0.1, 0.15) is 5.56 Å². The molecule has 2 heterocycles. The number of rotatable bonds is 6. The predicted molar refractivity (Wildman–Crippen MR) is 113 cm³/mol. The number of thioether (sulfide) groups is 1. The Morgan fingerprint density at radius 3 is 2.67 bits per heavy atom. The van der Waals surface area contributed by atoms with Gasteiger partial charge in [0.1, 0.15) is 11.4 Å². The zero-order valence-electron chi connectivity index (χ0n) is 15.4. The Morgan fingerprint density at radius 1 is 1.10 bits per heavy atom. The molecule has 10 nitrogen and oxygen atoms in total. The van der Waals surface area contributed by atoms with Crippen LogP contribution in [0.3, 0.4) is 0 Å². The summed E-state index contributed by atoms with van der Waals surface area (Å²) < 4.78 is 0. The summed E-state index contributed by atoms with van der Waals surface area (Å²) in [6.07, 6.45) is 3.17. The van der Waals surface area contributed by atoms with E-state index in [4.69, 9.17) is 0 Å². The highest BCUT2D eigenvalue weighted by Gasteiger charge is 2.10. The first kappa shape index (κ1) is 19.3. The Morgan fingerprint density at radius 2 is 1.87 bits per heavy atom. The fraction of sp³-hybridized carbons (Fsp3) is 0.0526. The second kappa shape index (κ2) is 8.57. The average molecular weight is 421 g/mol. The van der Waals surface area contributed by atoms with Crippen molar-refractivity contribution in [2.24, 2.45) is 0 Å². The summed E-state index contributed by atoms with van der Waals surface area (Å²) in [5.74, 6) is 0.638. The highest BCUT2D eigenvalue weighted by molar-refractivity contribution is 7.98. The van der Waals surface area contributed by atoms with Gasteiger partial charge >= 0.3 is 6.03 Å². The first-order valence-electron chi connectivity index (χ1n) is 8.77. The summed E-state index contributed by atoms with van der Waals surface area (Å²) in [6, 6.07) is 12.7. The minimum Gasteiger partial charge on any atom is -0.308 e. The maximum Gasteiger partial charge on any atom is 0.323 e. The summed E-state index contributed by atoms with van der Waals surface area (Å²) in [5.41, 5.74) is 2.51. The molecule has 2 aromatic carbocycles. The van der Waals surface area contributed by atoms with Gasteiger partial charge in [-0.15, -0.1) is 11.8 Å². The van der Waals surface area contributed by atoms with E-state index in [-0.39, 0.29) is 5.69 Å². The van der Waals surface area contributed by atoms with Crippen LogP contribution in [0.5, 0.6) is 0 Å². The summed E-state index contributed by atoms with van der Waals surface area (Å²) in [7, 11) is 0. The number of hydrogen-bond donors (Lipinski definition) is 3. The van der Waals surface area contributed by atoms with Gasteiger partial charge in [0, 0.05) is 29.3 Å². The Labute approximate surface area is 174 Å². The number of aromatic nitrogens is 4. The van der Waals surface area contributed by atoms with Crippen molar-refractivity contribution in [2.45, 2.75) is 10.8 Å². The van der Waals surface area contributed by atoms with E-state index in [1.165, 1.54) is 36.3 Å². The highest BCUT2D eigenvalue weighted by Crippen LogP contribution is 2.27. The average Bonchev–Trinajstić information content (AvgIpc) is 3.22. The molecule has 0 atom stereocenters. The van der Waals surface area contributed by atoms with Crippen LogP contribution in [0.4, 0.5) is 21.9 Å². The van der Waals surface area contributed by atoms with Gasteiger partial charge in [0.05, 0.1) is 16.5 Å². The number of hydrogen-bond acceptors (Lipinski definition) is 7. The summed E-state index contributed by atoms with van der Waals surface area (Å²) in [5, 5.41) is 24.6. The van der Waals surface area contributed by atoms with E-state index in [0.717, 1.165) is 16.0 Å². The van der Waals surface area contributed by atoms with Crippen molar-refractivity contribution in [1.82, 2.24) is 20.2 Å². The number of aromatic amines is 1. The van der Waals surface area contributed by atoms with Gasteiger partial charge in [0.15, 0.2) is 5.65 Å². The quantitative estimate of drug-likeness (QED) is 0.183. The fourth-order valence-corrected chi connectivity index (χ4v) is 3.65. The van der Waals surface area contributed by atoms with Gasteiger partial charge in [0.2, 0.25) is 0 Å². The second-order valence-corrected chi connectivity index (χ2v) is 7.15. The van der Waals surface area contributed by atoms with E-state index in [1.807, 2.05) is 18.2 Å². The van der Waals surface area contributed by atoms with Gasteiger partial charge < -0.3 is 10.6 Å². The molecule has 0 aliphatic heterocycles. The molecule has 11 heteroatoms. The molecule has 0 unspecified atom stereocenters. The number of nitrogens with one attached hydrogen (secondary N) is 3. The molecule has 0 aliphatic carbocycles. The maximum absolute atomic E-state index is 12.2. The zero-order valence-corrected chi connectivity index (χ0v) is 16.2. The van der Waals surface area contributed by atoms with E-state index in [2.05, 4.69) is 30.8 Å². The lowest BCUT2D eigenvalue weighted by Crippen LogP contribution is -2.19. The SMILES string of the molecule is O=C(Nc1cccc(CSc2ncnc3[nH]ncc23)c1)Nc1cccc([N+](=O)[O-])c1. The van der Waals surface area contributed by atoms with Crippen LogP contribution in [0.15, 0.2) is 66.1 Å². The lowest BCUT2D eigenvalue weighted by molar-refractivity contribution is -0.384. The molecule has 0 saturated heterocycles. The highest BCUT2D eigenvalue weighted by atomic mass is 32.2. The van der Waals surface area contributed by atoms with Crippen LogP contribution in [0, 0.1) is 10.1 Å². The molecule has 2 aromatic heterocycles. The number of non-ortho nitro benzene ring substituents is 1. The Hall–Kier alpha value is -3.99. The molecule has 0 spiro atoms. The Balaban J connectivity index is 1.39. The van der Waals surface area contributed by atoms with Gasteiger partial charge in [-0.2, -0.15) is 5.10 Å². The second-order valence-electron chi connectivity index (χ2n) is 6.19. The van der Waals surface area contributed by atoms with Gasteiger partial charge in [-0.1, -0.05) is 18.2 Å². The molecule has 0 fully saturated rings. The third kappa shape index (κ3) is 4.52. The first-order valence-corrected chi connectivity index (χ1v) is 9.75. The van der Waals surface area contributed by atoms with Gasteiger partial charge in [-0.05, 0) is 23.8 Å². The number of nitro benzene ring substituents is 1. The monoisotopic (exact) mass is 421 g/mol. The zero-order chi connectivity index (χ0) is 20.9. The van der Waals surface area contributed by atoms with E-state index in [1.54, 1.807) is 18.3 Å². The summed E-state index contributed by atoms with van der Waals surface area (Å²) >= 11 is 1.54. The van der Waals surface area contributed by atoms with Crippen LogP contribution >= 0.6 is 11.8 Å². The lowest BCUT2D eigenvalue weighted by Gasteiger charge is -2.09. The van der Waals surface area contributed by atoms with Crippen molar-refractivity contribution < 1.29 is 9.72 Å². The number of carbonyl (C=O) groups excluding carboxylic acids is 1. The molecule has 0 saturated carbocycles. The van der Waals surface area contributed by atoms with Crippen molar-refractivity contribution in [3.63, 3.8) is 0 Å². The molecule has 0 aliphatic rings. The van der Waals surface area contributed by atoms with Crippen molar-refractivity contribution in [1.29, 1.82) is 0 Å². The number of benzene rings is 2. The van der Waals surface area contributed by atoms with Crippen molar-refractivity contribution in [3.05, 3.63) is 76.7 Å².